The van der Waals surface area contributed by atoms with Crippen LogP contribution in [0.3, 0.4) is 0 Å². The van der Waals surface area contributed by atoms with E-state index in [1.54, 1.807) is 12.3 Å². The van der Waals surface area contributed by atoms with Crippen molar-refractivity contribution in [2.75, 3.05) is 0 Å². The van der Waals surface area contributed by atoms with Crippen LogP contribution in [0.1, 0.15) is 57.1 Å². The van der Waals surface area contributed by atoms with Crippen LogP contribution in [0.15, 0.2) is 47.4 Å². The number of pyridine rings is 1. The van der Waals surface area contributed by atoms with Gasteiger partial charge in [-0.25, -0.2) is 0 Å². The van der Waals surface area contributed by atoms with E-state index in [4.69, 9.17) is 0 Å². The van der Waals surface area contributed by atoms with Gasteiger partial charge in [-0.15, -0.1) is 0 Å². The first-order valence-electron chi connectivity index (χ1n) is 8.66. The van der Waals surface area contributed by atoms with E-state index in [2.05, 4.69) is 6.92 Å². The average Bonchev–Trinajstić information content (AvgIpc) is 2.58. The number of benzene rings is 1. The number of hydrogen-bond donors (Lipinski definition) is 1. The Hall–Kier alpha value is -2.03. The highest BCUT2D eigenvalue weighted by atomic mass is 16.3. The molecule has 23 heavy (non-hydrogen) atoms. The van der Waals surface area contributed by atoms with Gasteiger partial charge in [0.25, 0.3) is 0 Å². The van der Waals surface area contributed by atoms with Gasteiger partial charge < -0.3 is 9.67 Å². The molecule has 1 saturated carbocycles. The normalized spacial score (nSPS) is 17.1. The zero-order valence-electron chi connectivity index (χ0n) is 13.7. The molecule has 0 unspecified atom stereocenters. The average molecular weight is 311 g/mol. The van der Waals surface area contributed by atoms with Crippen molar-refractivity contribution in [3.63, 3.8) is 0 Å². The maximum atomic E-state index is 12.0. The lowest BCUT2D eigenvalue weighted by Gasteiger charge is -2.26. The van der Waals surface area contributed by atoms with E-state index in [0.717, 1.165) is 23.7 Å². The third kappa shape index (κ3) is 3.66. The molecule has 1 aliphatic carbocycles. The summed E-state index contributed by atoms with van der Waals surface area (Å²) in [5.41, 5.74) is 1.68. The monoisotopic (exact) mass is 311 g/mol. The van der Waals surface area contributed by atoms with Crippen molar-refractivity contribution in [1.82, 2.24) is 4.57 Å². The lowest BCUT2D eigenvalue weighted by atomic mass is 9.82. The summed E-state index contributed by atoms with van der Waals surface area (Å²) in [5, 5.41) is 9.86. The Morgan fingerprint density at radius 1 is 1.17 bits per heavy atom. The summed E-state index contributed by atoms with van der Waals surface area (Å²) in [4.78, 5) is 12.0. The molecule has 3 nitrogen and oxygen atoms in total. The Kier molecular flexibility index (Phi) is 4.85. The fourth-order valence-corrected chi connectivity index (χ4v) is 3.77. The molecule has 1 N–H and O–H groups in total. The van der Waals surface area contributed by atoms with Gasteiger partial charge in [0.1, 0.15) is 0 Å². The van der Waals surface area contributed by atoms with Crippen molar-refractivity contribution in [3.8, 4) is 11.4 Å². The van der Waals surface area contributed by atoms with Crippen LogP contribution in [-0.4, -0.2) is 9.67 Å². The highest BCUT2D eigenvalue weighted by Crippen LogP contribution is 2.33. The molecule has 1 fully saturated rings. The summed E-state index contributed by atoms with van der Waals surface area (Å²) in [6, 6.07) is 11.5. The van der Waals surface area contributed by atoms with Crippen molar-refractivity contribution in [1.29, 1.82) is 0 Å². The standard InChI is InChI=1S/C20H25NO2/c1-15(12-16-8-4-2-5-9-16)18-13-19(22)20(23)14-21(18)17-10-6-3-7-11-17/h3,6-7,10-11,13-16,23H,2,4-5,8-9,12H2,1H3/t15-/m0/s1. The first-order chi connectivity index (χ1) is 11.1. The first-order valence-corrected chi connectivity index (χ1v) is 8.66. The van der Waals surface area contributed by atoms with Gasteiger partial charge in [-0.2, -0.15) is 0 Å². The Morgan fingerprint density at radius 3 is 2.57 bits per heavy atom. The van der Waals surface area contributed by atoms with Crippen LogP contribution >= 0.6 is 0 Å². The molecule has 0 spiro atoms. The van der Waals surface area contributed by atoms with Crippen LogP contribution < -0.4 is 5.43 Å². The molecule has 2 aromatic rings. The molecule has 1 aromatic heterocycles. The lowest BCUT2D eigenvalue weighted by Crippen LogP contribution is -2.16. The van der Waals surface area contributed by atoms with E-state index in [-0.39, 0.29) is 11.2 Å². The molecule has 0 saturated heterocycles. The molecule has 1 aromatic carbocycles. The summed E-state index contributed by atoms with van der Waals surface area (Å²) in [5.74, 6) is 0.862. The molecule has 0 amide bonds. The predicted octanol–water partition coefficient (Wildman–Crippen LogP) is 4.62. The van der Waals surface area contributed by atoms with Gasteiger partial charge in [0.05, 0.1) is 6.20 Å². The van der Waals surface area contributed by atoms with Crippen molar-refractivity contribution in [2.24, 2.45) is 5.92 Å². The van der Waals surface area contributed by atoms with Gasteiger partial charge in [-0.1, -0.05) is 57.2 Å². The second-order valence-electron chi connectivity index (χ2n) is 6.79. The third-order valence-electron chi connectivity index (χ3n) is 5.01. The molecule has 3 heteroatoms. The Balaban J connectivity index is 1.93. The van der Waals surface area contributed by atoms with Gasteiger partial charge in [-0.05, 0) is 30.4 Å². The molecule has 1 aliphatic rings. The van der Waals surface area contributed by atoms with Crippen molar-refractivity contribution < 1.29 is 5.11 Å². The Labute approximate surface area is 137 Å². The van der Waals surface area contributed by atoms with E-state index >= 15 is 0 Å². The number of nitrogens with zero attached hydrogens (tertiary/aromatic N) is 1. The largest absolute Gasteiger partial charge is 0.503 e. The first kappa shape index (κ1) is 15.9. The molecular weight excluding hydrogens is 286 g/mol. The SMILES string of the molecule is C[C@@H](CC1CCCCC1)c1cc(=O)c(O)cn1-c1ccccc1. The van der Waals surface area contributed by atoms with Crippen LogP contribution in [0.25, 0.3) is 5.69 Å². The second kappa shape index (κ2) is 7.03. The van der Waals surface area contributed by atoms with E-state index in [1.807, 2.05) is 34.9 Å². The highest BCUT2D eigenvalue weighted by Gasteiger charge is 2.20. The van der Waals surface area contributed by atoms with E-state index in [9.17, 15) is 9.90 Å². The Bertz CT molecular complexity index is 699. The van der Waals surface area contributed by atoms with Gasteiger partial charge >= 0.3 is 0 Å². The zero-order chi connectivity index (χ0) is 16.2. The predicted molar refractivity (Wildman–Crippen MR) is 93.3 cm³/mol. The fraction of sp³-hybridized carbons (Fsp3) is 0.450. The lowest BCUT2D eigenvalue weighted by molar-refractivity contribution is 0.320. The number of aromatic nitrogens is 1. The van der Waals surface area contributed by atoms with Crippen LogP contribution in [0, 0.1) is 5.92 Å². The molecule has 0 bridgehead atoms. The summed E-state index contributed by atoms with van der Waals surface area (Å²) in [6.07, 6.45) is 9.30. The zero-order valence-corrected chi connectivity index (χ0v) is 13.7. The topological polar surface area (TPSA) is 42.2 Å². The van der Waals surface area contributed by atoms with Gasteiger partial charge in [-0.3, -0.25) is 4.79 Å². The molecular formula is C20H25NO2. The quantitative estimate of drug-likeness (QED) is 0.895. The molecule has 0 aliphatic heterocycles. The maximum Gasteiger partial charge on any atom is 0.223 e. The molecule has 3 rings (SSSR count). The Morgan fingerprint density at radius 2 is 1.87 bits per heavy atom. The third-order valence-corrected chi connectivity index (χ3v) is 5.01. The van der Waals surface area contributed by atoms with Crippen LogP contribution in [0.5, 0.6) is 5.75 Å². The van der Waals surface area contributed by atoms with Gasteiger partial charge in [0, 0.05) is 17.4 Å². The smallest absolute Gasteiger partial charge is 0.223 e. The maximum absolute atomic E-state index is 12.0. The minimum Gasteiger partial charge on any atom is -0.503 e. The number of hydrogen-bond acceptors (Lipinski definition) is 2. The molecule has 1 atom stereocenters. The van der Waals surface area contributed by atoms with E-state index in [1.165, 1.54) is 32.1 Å². The number of aromatic hydroxyl groups is 1. The highest BCUT2D eigenvalue weighted by molar-refractivity contribution is 5.37. The van der Waals surface area contributed by atoms with E-state index < -0.39 is 0 Å². The molecule has 1 heterocycles. The molecule has 0 radical (unpaired) electrons. The van der Waals surface area contributed by atoms with Crippen molar-refractivity contribution in [2.45, 2.75) is 51.4 Å². The summed E-state index contributed by atoms with van der Waals surface area (Å²) < 4.78 is 1.96. The van der Waals surface area contributed by atoms with Gasteiger partial charge in [0.2, 0.25) is 5.43 Å². The summed E-state index contributed by atoms with van der Waals surface area (Å²) >= 11 is 0. The van der Waals surface area contributed by atoms with Crippen LogP contribution in [-0.2, 0) is 0 Å². The van der Waals surface area contributed by atoms with Crippen molar-refractivity contribution in [3.05, 3.63) is 58.5 Å². The number of rotatable bonds is 4. The summed E-state index contributed by atoms with van der Waals surface area (Å²) in [6.45, 7) is 2.19. The van der Waals surface area contributed by atoms with Gasteiger partial charge in [0.15, 0.2) is 5.75 Å². The fourth-order valence-electron chi connectivity index (χ4n) is 3.77. The van der Waals surface area contributed by atoms with Crippen LogP contribution in [0.4, 0.5) is 0 Å². The number of para-hydroxylation sites is 1. The minimum absolute atomic E-state index is 0.192. The minimum atomic E-state index is -0.289. The van der Waals surface area contributed by atoms with E-state index in [0.29, 0.717) is 5.92 Å². The van der Waals surface area contributed by atoms with Crippen molar-refractivity contribution >= 4 is 0 Å². The second-order valence-corrected chi connectivity index (χ2v) is 6.79. The molecule has 122 valence electrons. The van der Waals surface area contributed by atoms with Crippen LogP contribution in [0.2, 0.25) is 0 Å². The summed E-state index contributed by atoms with van der Waals surface area (Å²) in [7, 11) is 0.